The van der Waals surface area contributed by atoms with Crippen LogP contribution in [0, 0.1) is 0 Å². The number of hydrogen-bond donors (Lipinski definition) is 2. The number of nitrogens with one attached hydrogen (secondary N) is 2. The minimum Gasteiger partial charge on any atom is -1.00 e. The summed E-state index contributed by atoms with van der Waals surface area (Å²) in [5, 5.41) is 6.67. The van der Waals surface area contributed by atoms with Crippen molar-refractivity contribution in [2.75, 3.05) is 54.2 Å². The van der Waals surface area contributed by atoms with E-state index in [1.165, 1.54) is 37.6 Å². The highest BCUT2D eigenvalue weighted by Crippen LogP contribution is 2.38. The second kappa shape index (κ2) is 11.1. The Bertz CT molecular complexity index is 829. The fourth-order valence-electron chi connectivity index (χ4n) is 3.29. The third kappa shape index (κ3) is 5.35. The molecule has 1 aromatic carbocycles. The monoisotopic (exact) mass is 455 g/mol. The van der Waals surface area contributed by atoms with E-state index in [2.05, 4.69) is 5.32 Å². The molecule has 0 aliphatic carbocycles. The zero-order chi connectivity index (χ0) is 20.8. The molecule has 1 aromatic heterocycles. The molecule has 0 unspecified atom stereocenters. The lowest BCUT2D eigenvalue weighted by atomic mass is 10.1. The number of benzene rings is 1. The highest BCUT2D eigenvalue weighted by molar-refractivity contribution is 7.08. The minimum atomic E-state index is -0.0781. The van der Waals surface area contributed by atoms with Crippen LogP contribution < -0.4 is 36.8 Å². The fourth-order valence-corrected chi connectivity index (χ4v) is 3.93. The van der Waals surface area contributed by atoms with Gasteiger partial charge in [0.25, 0.3) is 11.8 Å². The molecule has 0 saturated carbocycles. The van der Waals surface area contributed by atoms with E-state index in [1.807, 2.05) is 21.7 Å². The number of carbonyl (C=O) groups is 2. The summed E-state index contributed by atoms with van der Waals surface area (Å²) in [6.45, 7) is 3.29. The molecule has 1 aliphatic heterocycles. The van der Waals surface area contributed by atoms with E-state index < -0.39 is 0 Å². The largest absolute Gasteiger partial charge is 1.00 e. The minimum absolute atomic E-state index is 0. The number of hydrogen-bond acceptors (Lipinski definition) is 6. The van der Waals surface area contributed by atoms with E-state index in [-0.39, 0.29) is 24.2 Å². The third-order valence-corrected chi connectivity index (χ3v) is 5.63. The summed E-state index contributed by atoms with van der Waals surface area (Å²) in [7, 11) is 4.58. The molecule has 1 aliphatic rings. The van der Waals surface area contributed by atoms with Crippen molar-refractivity contribution in [2.45, 2.75) is 0 Å². The van der Waals surface area contributed by atoms with Crippen LogP contribution in [0.4, 0.5) is 0 Å². The highest BCUT2D eigenvalue weighted by Gasteiger charge is 2.26. The number of carbonyl (C=O) groups excluding carboxylic acids is 2. The smallest absolute Gasteiger partial charge is 0.256 e. The molecular weight excluding hydrogens is 430 g/mol. The van der Waals surface area contributed by atoms with Gasteiger partial charge in [0, 0.05) is 10.9 Å². The molecule has 0 spiro atoms. The summed E-state index contributed by atoms with van der Waals surface area (Å²) < 4.78 is 16.0. The first-order valence-electron chi connectivity index (χ1n) is 9.30. The Kier molecular flexibility index (Phi) is 8.76. The van der Waals surface area contributed by atoms with Crippen molar-refractivity contribution in [3.63, 3.8) is 0 Å². The molecular formula is C20H26ClN3O5S. The number of rotatable bonds is 7. The SMILES string of the molecule is COc1cc(C(=O)N2CC[NH+](CNC(=O)c3ccsc3)CC2)cc(OC)c1OC.[Cl-]. The lowest BCUT2D eigenvalue weighted by Gasteiger charge is -2.32. The Morgan fingerprint density at radius 3 is 2.20 bits per heavy atom. The van der Waals surface area contributed by atoms with Crippen LogP contribution in [0.5, 0.6) is 17.2 Å². The maximum atomic E-state index is 13.0. The molecule has 10 heteroatoms. The molecule has 0 radical (unpaired) electrons. The number of thiophene rings is 1. The van der Waals surface area contributed by atoms with Gasteiger partial charge in [-0.2, -0.15) is 11.3 Å². The van der Waals surface area contributed by atoms with Crippen molar-refractivity contribution >= 4 is 23.2 Å². The van der Waals surface area contributed by atoms with Crippen molar-refractivity contribution in [2.24, 2.45) is 0 Å². The standard InChI is InChI=1S/C20H25N3O5S.ClH/c1-26-16-10-15(11-17(27-2)18(16)28-3)20(25)23-7-5-22(6-8-23)13-21-19(24)14-4-9-29-12-14;/h4,9-12H,5-8,13H2,1-3H3,(H,21,24);1H. The van der Waals surface area contributed by atoms with Crippen molar-refractivity contribution in [3.05, 3.63) is 40.1 Å². The fraction of sp³-hybridized carbons (Fsp3) is 0.400. The van der Waals surface area contributed by atoms with Crippen molar-refractivity contribution in [1.82, 2.24) is 10.2 Å². The molecule has 1 fully saturated rings. The Hall–Kier alpha value is -2.49. The maximum absolute atomic E-state index is 13.0. The molecule has 30 heavy (non-hydrogen) atoms. The van der Waals surface area contributed by atoms with Gasteiger partial charge in [0.15, 0.2) is 18.2 Å². The Labute approximate surface area is 186 Å². The van der Waals surface area contributed by atoms with Gasteiger partial charge in [0.05, 0.1) is 53.1 Å². The van der Waals surface area contributed by atoms with Crippen molar-refractivity contribution in [1.29, 1.82) is 0 Å². The number of quaternary nitrogens is 1. The van der Waals surface area contributed by atoms with Crippen LogP contribution in [0.15, 0.2) is 29.0 Å². The Morgan fingerprint density at radius 1 is 1.07 bits per heavy atom. The molecule has 1 saturated heterocycles. The van der Waals surface area contributed by atoms with E-state index in [0.717, 1.165) is 13.1 Å². The summed E-state index contributed by atoms with van der Waals surface area (Å²) in [5.74, 6) is 1.23. The van der Waals surface area contributed by atoms with Gasteiger partial charge < -0.3 is 41.7 Å². The van der Waals surface area contributed by atoms with Crippen LogP contribution in [0.1, 0.15) is 20.7 Å². The average Bonchev–Trinajstić information content (AvgIpc) is 3.31. The molecule has 0 atom stereocenters. The van der Waals surface area contributed by atoms with Gasteiger partial charge in [-0.05, 0) is 23.6 Å². The summed E-state index contributed by atoms with van der Waals surface area (Å²) in [4.78, 5) is 28.1. The summed E-state index contributed by atoms with van der Waals surface area (Å²) in [6, 6.07) is 5.15. The van der Waals surface area contributed by atoms with Crippen LogP contribution in [0.2, 0.25) is 0 Å². The van der Waals surface area contributed by atoms with Crippen LogP contribution in [0.25, 0.3) is 0 Å². The number of halogens is 1. The van der Waals surface area contributed by atoms with Crippen LogP contribution in [0.3, 0.4) is 0 Å². The summed E-state index contributed by atoms with van der Waals surface area (Å²) >= 11 is 1.50. The first-order valence-corrected chi connectivity index (χ1v) is 10.2. The van der Waals surface area contributed by atoms with Crippen LogP contribution in [-0.2, 0) is 0 Å². The van der Waals surface area contributed by atoms with E-state index >= 15 is 0 Å². The number of nitrogens with zero attached hydrogens (tertiary/aromatic N) is 1. The van der Waals surface area contributed by atoms with Gasteiger partial charge in [-0.15, -0.1) is 0 Å². The van der Waals surface area contributed by atoms with E-state index in [9.17, 15) is 9.59 Å². The average molecular weight is 456 g/mol. The van der Waals surface area contributed by atoms with Crippen LogP contribution >= 0.6 is 11.3 Å². The van der Waals surface area contributed by atoms with E-state index in [4.69, 9.17) is 14.2 Å². The Morgan fingerprint density at radius 2 is 1.70 bits per heavy atom. The molecule has 2 amide bonds. The highest BCUT2D eigenvalue weighted by atomic mass is 35.5. The summed E-state index contributed by atoms with van der Waals surface area (Å²) in [6.07, 6.45) is 0. The number of amides is 2. The molecule has 2 heterocycles. The Balaban J connectivity index is 0.00000320. The van der Waals surface area contributed by atoms with Gasteiger partial charge in [-0.3, -0.25) is 9.59 Å². The van der Waals surface area contributed by atoms with Crippen LogP contribution in [-0.4, -0.2) is 70.9 Å². The third-order valence-electron chi connectivity index (χ3n) is 4.95. The number of ether oxygens (including phenoxy) is 3. The molecule has 0 bridgehead atoms. The predicted octanol–water partition coefficient (Wildman–Crippen LogP) is -2.49. The van der Waals surface area contributed by atoms with E-state index in [1.54, 1.807) is 12.1 Å². The second-order valence-corrected chi connectivity index (χ2v) is 7.43. The molecule has 2 N–H and O–H groups in total. The quantitative estimate of drug-likeness (QED) is 0.483. The first kappa shape index (κ1) is 23.8. The molecule has 8 nitrogen and oxygen atoms in total. The summed E-state index contributed by atoms with van der Waals surface area (Å²) in [5.41, 5.74) is 1.18. The molecule has 2 aromatic rings. The predicted molar refractivity (Wildman–Crippen MR) is 109 cm³/mol. The second-order valence-electron chi connectivity index (χ2n) is 6.65. The topological polar surface area (TPSA) is 81.5 Å². The number of piperazine rings is 1. The van der Waals surface area contributed by atoms with Gasteiger partial charge in [0.2, 0.25) is 5.75 Å². The van der Waals surface area contributed by atoms with Crippen molar-refractivity contribution in [3.8, 4) is 17.2 Å². The lowest BCUT2D eigenvalue weighted by molar-refractivity contribution is -0.905. The maximum Gasteiger partial charge on any atom is 0.256 e. The zero-order valence-corrected chi connectivity index (χ0v) is 18.8. The first-order chi connectivity index (χ1) is 14.1. The van der Waals surface area contributed by atoms with Gasteiger partial charge in [-0.25, -0.2) is 0 Å². The lowest BCUT2D eigenvalue weighted by Crippen LogP contribution is -3.16. The molecule has 164 valence electrons. The van der Waals surface area contributed by atoms with E-state index in [0.29, 0.717) is 48.1 Å². The van der Waals surface area contributed by atoms with Gasteiger partial charge in [0.1, 0.15) is 0 Å². The molecule has 3 rings (SSSR count). The zero-order valence-electron chi connectivity index (χ0n) is 17.2. The normalized spacial score (nSPS) is 13.9. The van der Waals surface area contributed by atoms with Gasteiger partial charge >= 0.3 is 0 Å². The van der Waals surface area contributed by atoms with Gasteiger partial charge in [-0.1, -0.05) is 0 Å². The van der Waals surface area contributed by atoms with Crippen molar-refractivity contribution < 1.29 is 41.1 Å². The number of methoxy groups -OCH3 is 3.